The number of rotatable bonds is 7. The van der Waals surface area contributed by atoms with Gasteiger partial charge in [0.25, 0.3) is 5.91 Å². The van der Waals surface area contributed by atoms with Crippen LogP contribution in [0.1, 0.15) is 30.9 Å². The Kier molecular flexibility index (Phi) is 7.13. The van der Waals surface area contributed by atoms with Crippen molar-refractivity contribution in [2.75, 3.05) is 10.6 Å². The minimum atomic E-state index is -0.269. The maximum absolute atomic E-state index is 12.5. The van der Waals surface area contributed by atoms with E-state index >= 15 is 0 Å². The Morgan fingerprint density at radius 3 is 2.38 bits per heavy atom. The summed E-state index contributed by atoms with van der Waals surface area (Å²) in [6.07, 6.45) is 3.12. The minimum absolute atomic E-state index is 0.269. The average Bonchev–Trinajstić information content (AvgIpc) is 3.30. The van der Waals surface area contributed by atoms with Gasteiger partial charge in [-0.05, 0) is 60.9 Å². The maximum atomic E-state index is 12.5. The van der Waals surface area contributed by atoms with Crippen molar-refractivity contribution in [1.82, 2.24) is 14.8 Å². The molecule has 0 bridgehead atoms. The van der Waals surface area contributed by atoms with Crippen LogP contribution in [-0.2, 0) is 4.79 Å². The Morgan fingerprint density at radius 1 is 0.971 bits per heavy atom. The van der Waals surface area contributed by atoms with Crippen molar-refractivity contribution in [3.63, 3.8) is 0 Å². The molecule has 0 radical (unpaired) electrons. The van der Waals surface area contributed by atoms with Crippen molar-refractivity contribution >= 4 is 29.9 Å². The lowest BCUT2D eigenvalue weighted by Gasteiger charge is -2.14. The second-order valence-electron chi connectivity index (χ2n) is 8.31. The molecule has 1 heterocycles. The lowest BCUT2D eigenvalue weighted by molar-refractivity contribution is -0.111. The molecule has 0 fully saturated rings. The highest BCUT2D eigenvalue weighted by atomic mass is 32.1. The molecule has 0 aliphatic rings. The van der Waals surface area contributed by atoms with E-state index in [2.05, 4.69) is 53.3 Å². The quantitative estimate of drug-likeness (QED) is 0.223. The molecule has 34 heavy (non-hydrogen) atoms. The molecular weight excluding hydrogens is 442 g/mol. The summed E-state index contributed by atoms with van der Waals surface area (Å²) >= 11 is 4.44. The highest BCUT2D eigenvalue weighted by molar-refractivity contribution is 7.84. The predicted octanol–water partition coefficient (Wildman–Crippen LogP) is 6.19. The summed E-state index contributed by atoms with van der Waals surface area (Å²) in [7, 11) is 0. The largest absolute Gasteiger partial charge is 0.350 e. The van der Waals surface area contributed by atoms with E-state index in [1.54, 1.807) is 11.0 Å². The Bertz CT molecular complexity index is 1310. The molecule has 7 heteroatoms. The van der Waals surface area contributed by atoms with Crippen LogP contribution < -0.4 is 10.6 Å². The zero-order valence-corrected chi connectivity index (χ0v) is 20.3. The lowest BCUT2D eigenvalue weighted by Crippen LogP contribution is -2.10. The van der Waals surface area contributed by atoms with E-state index < -0.39 is 0 Å². The molecule has 0 unspecified atom stereocenters. The fraction of sp³-hybridized carbons (Fsp3) is 0.148. The number of nitrogens with zero attached hydrogens (tertiary/aromatic N) is 3. The first-order valence-corrected chi connectivity index (χ1v) is 11.5. The first-order valence-electron chi connectivity index (χ1n) is 11.1. The van der Waals surface area contributed by atoms with Gasteiger partial charge in [-0.25, -0.2) is 9.67 Å². The smallest absolute Gasteiger partial charge is 0.250 e. The van der Waals surface area contributed by atoms with Gasteiger partial charge in [0, 0.05) is 23.0 Å². The summed E-state index contributed by atoms with van der Waals surface area (Å²) < 4.78 is 1.74. The van der Waals surface area contributed by atoms with Gasteiger partial charge >= 0.3 is 0 Å². The number of thiol groups is 1. The normalized spacial score (nSPS) is 11.5. The number of para-hydroxylation sites is 1. The molecule has 4 rings (SSSR count). The van der Waals surface area contributed by atoms with Crippen LogP contribution in [0.2, 0.25) is 0 Å². The fourth-order valence-electron chi connectivity index (χ4n) is 3.51. The van der Waals surface area contributed by atoms with Crippen LogP contribution in [0.3, 0.4) is 0 Å². The Labute approximate surface area is 205 Å². The summed E-state index contributed by atoms with van der Waals surface area (Å²) in [6.45, 7) is 6.30. The van der Waals surface area contributed by atoms with E-state index in [0.29, 0.717) is 22.5 Å². The third-order valence-corrected chi connectivity index (χ3v) is 5.56. The molecule has 2 N–H and O–H groups in total. The van der Waals surface area contributed by atoms with E-state index in [4.69, 9.17) is 0 Å². The molecule has 1 amide bonds. The fourth-order valence-corrected chi connectivity index (χ4v) is 3.75. The lowest BCUT2D eigenvalue weighted by atomic mass is 10.0. The van der Waals surface area contributed by atoms with E-state index in [0.717, 1.165) is 22.5 Å². The number of hydrogen-bond donors (Lipinski definition) is 3. The van der Waals surface area contributed by atoms with Crippen molar-refractivity contribution < 1.29 is 4.79 Å². The number of carbonyl (C=O) groups excluding carboxylic acids is 1. The molecule has 3 aromatic carbocycles. The van der Waals surface area contributed by atoms with Crippen LogP contribution in [0.4, 0.5) is 11.4 Å². The van der Waals surface area contributed by atoms with Gasteiger partial charge in [0.15, 0.2) is 5.82 Å². The number of anilines is 2. The van der Waals surface area contributed by atoms with E-state index in [1.165, 1.54) is 11.6 Å². The monoisotopic (exact) mass is 469 g/mol. The van der Waals surface area contributed by atoms with Crippen molar-refractivity contribution in [3.05, 3.63) is 101 Å². The van der Waals surface area contributed by atoms with Gasteiger partial charge in [-0.3, -0.25) is 4.79 Å². The first kappa shape index (κ1) is 23.3. The van der Waals surface area contributed by atoms with Gasteiger partial charge in [-0.1, -0.05) is 49.7 Å². The molecular formula is C27H27N5OS. The van der Waals surface area contributed by atoms with E-state index in [9.17, 15) is 4.79 Å². The highest BCUT2D eigenvalue weighted by Crippen LogP contribution is 2.25. The Hall–Kier alpha value is -3.84. The number of nitrogens with one attached hydrogen (secondary N) is 2. The van der Waals surface area contributed by atoms with Crippen molar-refractivity contribution in [2.45, 2.75) is 26.7 Å². The summed E-state index contributed by atoms with van der Waals surface area (Å²) in [5, 5.41) is 11.1. The number of hydrogen-bond acceptors (Lipinski definition) is 5. The SMILES string of the molecule is Cc1ccc(-n2cnc(-c3ccc(NC(=O)/C=C(\S)Nc4ccccc4C(C)C)cc3)n2)cc1. The second-order valence-corrected chi connectivity index (χ2v) is 8.79. The predicted molar refractivity (Wildman–Crippen MR) is 141 cm³/mol. The van der Waals surface area contributed by atoms with Crippen LogP contribution in [-0.4, -0.2) is 20.7 Å². The molecule has 0 spiro atoms. The van der Waals surface area contributed by atoms with Gasteiger partial charge < -0.3 is 10.6 Å². The number of benzene rings is 3. The van der Waals surface area contributed by atoms with E-state index in [-0.39, 0.29) is 5.91 Å². The van der Waals surface area contributed by atoms with Crippen molar-refractivity contribution in [3.8, 4) is 17.1 Å². The van der Waals surface area contributed by atoms with Crippen LogP contribution in [0.25, 0.3) is 17.1 Å². The molecule has 0 aliphatic carbocycles. The molecule has 0 aliphatic heterocycles. The van der Waals surface area contributed by atoms with Crippen LogP contribution in [0.15, 0.2) is 90.2 Å². The molecule has 0 saturated carbocycles. The molecule has 172 valence electrons. The van der Waals surface area contributed by atoms with Crippen LogP contribution >= 0.6 is 12.6 Å². The molecule has 1 aromatic heterocycles. The molecule has 4 aromatic rings. The second kappa shape index (κ2) is 10.4. The molecule has 6 nitrogen and oxygen atoms in total. The zero-order valence-electron chi connectivity index (χ0n) is 19.4. The average molecular weight is 470 g/mol. The van der Waals surface area contributed by atoms with Crippen molar-refractivity contribution in [1.29, 1.82) is 0 Å². The van der Waals surface area contributed by atoms with Gasteiger partial charge in [0.1, 0.15) is 6.33 Å². The minimum Gasteiger partial charge on any atom is -0.350 e. The topological polar surface area (TPSA) is 71.8 Å². The van der Waals surface area contributed by atoms with Gasteiger partial charge in [-0.2, -0.15) is 0 Å². The summed E-state index contributed by atoms with van der Waals surface area (Å²) in [4.78, 5) is 16.9. The summed E-state index contributed by atoms with van der Waals surface area (Å²) in [5.41, 5.74) is 5.78. The third-order valence-electron chi connectivity index (χ3n) is 5.31. The third kappa shape index (κ3) is 5.74. The number of aryl methyl sites for hydroxylation is 1. The standard InChI is InChI=1S/C27H27N5OS/c1-18(2)23-6-4-5-7-24(23)30-26(34)16-25(33)29-21-12-10-20(11-13-21)27-28-17-32(31-27)22-14-8-19(3)9-15-22/h4-18,30,34H,1-3H3,(H,29,33)/b26-16-. The van der Waals surface area contributed by atoms with Crippen LogP contribution in [0.5, 0.6) is 0 Å². The Morgan fingerprint density at radius 2 is 1.68 bits per heavy atom. The molecule has 0 atom stereocenters. The molecule has 0 saturated heterocycles. The maximum Gasteiger partial charge on any atom is 0.250 e. The zero-order chi connectivity index (χ0) is 24.1. The number of carbonyl (C=O) groups is 1. The number of amides is 1. The summed E-state index contributed by atoms with van der Waals surface area (Å²) in [5.74, 6) is 0.702. The number of aromatic nitrogens is 3. The van der Waals surface area contributed by atoms with Gasteiger partial charge in [0.05, 0.1) is 10.7 Å². The Balaban J connectivity index is 1.40. The van der Waals surface area contributed by atoms with Crippen LogP contribution in [0, 0.1) is 6.92 Å². The van der Waals surface area contributed by atoms with Gasteiger partial charge in [-0.15, -0.1) is 17.7 Å². The van der Waals surface area contributed by atoms with Crippen molar-refractivity contribution in [2.24, 2.45) is 0 Å². The highest BCUT2D eigenvalue weighted by Gasteiger charge is 2.09. The van der Waals surface area contributed by atoms with Gasteiger partial charge in [0.2, 0.25) is 0 Å². The summed E-state index contributed by atoms with van der Waals surface area (Å²) in [6, 6.07) is 23.5. The van der Waals surface area contributed by atoms with E-state index in [1.807, 2.05) is 73.7 Å². The first-order chi connectivity index (χ1) is 16.4.